The maximum atomic E-state index is 2.76. The average Bonchev–Trinajstić information content (AvgIpc) is 2.30. The first-order chi connectivity index (χ1) is 7.57. The number of nitrogens with zero attached hydrogens (tertiary/aromatic N) is 1. The summed E-state index contributed by atoms with van der Waals surface area (Å²) in [6.07, 6.45) is 14.3. The molecule has 0 heterocycles. The molecule has 0 spiro atoms. The second-order valence-corrected chi connectivity index (χ2v) is 6.67. The van der Waals surface area contributed by atoms with Crippen molar-refractivity contribution in [2.24, 2.45) is 0 Å². The van der Waals surface area contributed by atoms with Crippen molar-refractivity contribution in [1.29, 1.82) is 0 Å². The highest BCUT2D eigenvalue weighted by Gasteiger charge is 2.41. The van der Waals surface area contributed by atoms with E-state index < -0.39 is 0 Å². The van der Waals surface area contributed by atoms with E-state index in [-0.39, 0.29) is 0 Å². The fourth-order valence-corrected chi connectivity index (χ4v) is 3.95. The minimum Gasteiger partial charge on any atom is -0.296 e. The molecule has 94 valence electrons. The van der Waals surface area contributed by atoms with Gasteiger partial charge < -0.3 is 0 Å². The van der Waals surface area contributed by atoms with E-state index in [1.54, 1.807) is 0 Å². The van der Waals surface area contributed by atoms with Crippen molar-refractivity contribution in [1.82, 2.24) is 4.90 Å². The van der Waals surface area contributed by atoms with Gasteiger partial charge in [0.15, 0.2) is 0 Å². The van der Waals surface area contributed by atoms with E-state index in [0.717, 1.165) is 0 Å². The van der Waals surface area contributed by atoms with Crippen molar-refractivity contribution in [3.63, 3.8) is 0 Å². The zero-order valence-electron chi connectivity index (χ0n) is 11.5. The van der Waals surface area contributed by atoms with Crippen LogP contribution >= 0.6 is 0 Å². The summed E-state index contributed by atoms with van der Waals surface area (Å²) in [6, 6.07) is 0. The van der Waals surface area contributed by atoms with E-state index in [4.69, 9.17) is 0 Å². The van der Waals surface area contributed by atoms with Crippen molar-refractivity contribution < 1.29 is 0 Å². The SMILES string of the molecule is CN(C1(C)CCCCC1)C1(C)CCCCC1. The van der Waals surface area contributed by atoms with Crippen LogP contribution in [-0.2, 0) is 0 Å². The molecule has 0 aromatic carbocycles. The van der Waals surface area contributed by atoms with Crippen LogP contribution < -0.4 is 0 Å². The first kappa shape index (κ1) is 12.4. The Morgan fingerprint density at radius 2 is 0.938 bits per heavy atom. The molecule has 0 radical (unpaired) electrons. The monoisotopic (exact) mass is 223 g/mol. The molecule has 0 bridgehead atoms. The second-order valence-electron chi connectivity index (χ2n) is 6.67. The fourth-order valence-electron chi connectivity index (χ4n) is 3.95. The molecule has 0 aromatic heterocycles. The lowest BCUT2D eigenvalue weighted by molar-refractivity contribution is -0.0213. The number of hydrogen-bond donors (Lipinski definition) is 0. The standard InChI is InChI=1S/C15H29N/c1-14(10-6-4-7-11-14)16(3)15(2)12-8-5-9-13-15/h4-13H2,1-3H3. The van der Waals surface area contributed by atoms with Gasteiger partial charge in [0.2, 0.25) is 0 Å². The summed E-state index contributed by atoms with van der Waals surface area (Å²) >= 11 is 0. The van der Waals surface area contributed by atoms with E-state index >= 15 is 0 Å². The highest BCUT2D eigenvalue weighted by molar-refractivity contribution is 4.97. The van der Waals surface area contributed by atoms with Gasteiger partial charge in [-0.2, -0.15) is 0 Å². The predicted octanol–water partition coefficient (Wildman–Crippen LogP) is 4.36. The van der Waals surface area contributed by atoms with Gasteiger partial charge in [-0.25, -0.2) is 0 Å². The Balaban J connectivity index is 2.06. The lowest BCUT2D eigenvalue weighted by Gasteiger charge is -2.53. The van der Waals surface area contributed by atoms with Crippen LogP contribution in [0.5, 0.6) is 0 Å². The van der Waals surface area contributed by atoms with E-state index in [1.807, 2.05) is 0 Å². The predicted molar refractivity (Wildman–Crippen MR) is 70.7 cm³/mol. The largest absolute Gasteiger partial charge is 0.296 e. The van der Waals surface area contributed by atoms with Gasteiger partial charge in [0.25, 0.3) is 0 Å². The highest BCUT2D eigenvalue weighted by atomic mass is 15.2. The molecule has 0 unspecified atom stereocenters. The van der Waals surface area contributed by atoms with Crippen LogP contribution in [0.2, 0.25) is 0 Å². The van der Waals surface area contributed by atoms with Crippen molar-refractivity contribution in [3.8, 4) is 0 Å². The average molecular weight is 223 g/mol. The quantitative estimate of drug-likeness (QED) is 0.672. The summed E-state index contributed by atoms with van der Waals surface area (Å²) < 4.78 is 0. The van der Waals surface area contributed by atoms with E-state index in [9.17, 15) is 0 Å². The third-order valence-corrected chi connectivity index (χ3v) is 5.48. The first-order valence-corrected chi connectivity index (χ1v) is 7.31. The van der Waals surface area contributed by atoms with Gasteiger partial charge in [-0.1, -0.05) is 38.5 Å². The summed E-state index contributed by atoms with van der Waals surface area (Å²) in [4.78, 5) is 2.76. The molecule has 0 aliphatic heterocycles. The summed E-state index contributed by atoms with van der Waals surface area (Å²) in [5.41, 5.74) is 0.981. The molecule has 1 nitrogen and oxygen atoms in total. The highest BCUT2D eigenvalue weighted by Crippen LogP contribution is 2.41. The van der Waals surface area contributed by atoms with Crippen LogP contribution in [0, 0.1) is 0 Å². The van der Waals surface area contributed by atoms with Crippen LogP contribution in [0.25, 0.3) is 0 Å². The summed E-state index contributed by atoms with van der Waals surface area (Å²) in [5, 5.41) is 0. The first-order valence-electron chi connectivity index (χ1n) is 7.31. The van der Waals surface area contributed by atoms with Crippen LogP contribution in [0.3, 0.4) is 0 Å². The van der Waals surface area contributed by atoms with Gasteiger partial charge in [0.05, 0.1) is 0 Å². The molecule has 2 fully saturated rings. The molecule has 2 saturated carbocycles. The number of hydrogen-bond acceptors (Lipinski definition) is 1. The molecular formula is C15H29N. The van der Waals surface area contributed by atoms with Crippen LogP contribution in [0.15, 0.2) is 0 Å². The van der Waals surface area contributed by atoms with Crippen molar-refractivity contribution in [2.75, 3.05) is 7.05 Å². The van der Waals surface area contributed by atoms with Crippen LogP contribution in [0.1, 0.15) is 78.1 Å². The Morgan fingerprint density at radius 1 is 0.625 bits per heavy atom. The zero-order valence-corrected chi connectivity index (χ0v) is 11.5. The second kappa shape index (κ2) is 4.68. The molecule has 1 heteroatoms. The maximum absolute atomic E-state index is 2.76. The lowest BCUT2D eigenvalue weighted by Crippen LogP contribution is -2.57. The van der Waals surface area contributed by atoms with Crippen LogP contribution in [0.4, 0.5) is 0 Å². The summed E-state index contributed by atoms with van der Waals surface area (Å²) in [6.45, 7) is 5.01. The molecule has 0 aromatic rings. The number of rotatable bonds is 2. The Kier molecular flexibility index (Phi) is 3.63. The fraction of sp³-hybridized carbons (Fsp3) is 1.00. The third-order valence-electron chi connectivity index (χ3n) is 5.48. The molecular weight excluding hydrogens is 194 g/mol. The Labute approximate surface area is 102 Å². The molecule has 16 heavy (non-hydrogen) atoms. The maximum Gasteiger partial charge on any atom is 0.0183 e. The van der Waals surface area contributed by atoms with E-state index in [2.05, 4.69) is 25.8 Å². The molecule has 0 saturated heterocycles. The minimum atomic E-state index is 0.490. The molecule has 0 amide bonds. The summed E-state index contributed by atoms with van der Waals surface area (Å²) in [7, 11) is 2.40. The topological polar surface area (TPSA) is 3.24 Å². The van der Waals surface area contributed by atoms with Crippen LogP contribution in [-0.4, -0.2) is 23.0 Å². The normalized spacial score (nSPS) is 29.2. The molecule has 2 aliphatic carbocycles. The minimum absolute atomic E-state index is 0.490. The molecule has 0 N–H and O–H groups in total. The summed E-state index contributed by atoms with van der Waals surface area (Å²) in [5.74, 6) is 0. The van der Waals surface area contributed by atoms with Crippen molar-refractivity contribution >= 4 is 0 Å². The van der Waals surface area contributed by atoms with Gasteiger partial charge in [0.1, 0.15) is 0 Å². The van der Waals surface area contributed by atoms with Crippen molar-refractivity contribution in [2.45, 2.75) is 89.1 Å². The Bertz CT molecular complexity index is 198. The van der Waals surface area contributed by atoms with Gasteiger partial charge in [-0.15, -0.1) is 0 Å². The van der Waals surface area contributed by atoms with E-state index in [0.29, 0.717) is 11.1 Å². The Hall–Kier alpha value is -0.0400. The molecule has 0 atom stereocenters. The van der Waals surface area contributed by atoms with Gasteiger partial charge in [0, 0.05) is 11.1 Å². The van der Waals surface area contributed by atoms with E-state index in [1.165, 1.54) is 64.2 Å². The lowest BCUT2D eigenvalue weighted by atomic mass is 9.75. The third kappa shape index (κ3) is 2.30. The molecule has 2 rings (SSSR count). The van der Waals surface area contributed by atoms with Gasteiger partial charge >= 0.3 is 0 Å². The van der Waals surface area contributed by atoms with Crippen molar-refractivity contribution in [3.05, 3.63) is 0 Å². The van der Waals surface area contributed by atoms with Gasteiger partial charge in [-0.3, -0.25) is 4.90 Å². The Morgan fingerprint density at radius 3 is 1.25 bits per heavy atom. The van der Waals surface area contributed by atoms with Gasteiger partial charge in [-0.05, 0) is 46.6 Å². The molecule has 2 aliphatic rings. The smallest absolute Gasteiger partial charge is 0.0183 e. The zero-order chi connectivity index (χ0) is 11.6.